The van der Waals surface area contributed by atoms with Gasteiger partial charge in [-0.1, -0.05) is 0 Å². The Morgan fingerprint density at radius 3 is 2.87 bits per heavy atom. The number of rotatable bonds is 1. The van der Waals surface area contributed by atoms with Crippen LogP contribution in [0.4, 0.5) is 0 Å². The molecule has 1 heterocycles. The maximum Gasteiger partial charge on any atom is 0.417 e. The molecule has 0 atom stereocenters. The smallest absolute Gasteiger partial charge is 0.417 e. The molecule has 0 unspecified atom stereocenters. The second-order valence-corrected chi connectivity index (χ2v) is 3.22. The highest BCUT2D eigenvalue weighted by Crippen LogP contribution is 2.22. The quantitative estimate of drug-likeness (QED) is 0.566. The van der Waals surface area contributed by atoms with Crippen LogP contribution in [0.1, 0.15) is 12.5 Å². The number of carbonyl (C=O) groups is 1. The fourth-order valence-electron chi connectivity index (χ4n) is 1.42. The van der Waals surface area contributed by atoms with E-state index in [1.807, 2.05) is 0 Å². The van der Waals surface area contributed by atoms with Crippen LogP contribution in [0.25, 0.3) is 11.1 Å². The summed E-state index contributed by atoms with van der Waals surface area (Å²) in [6.45, 7) is 3.10. The Balaban J connectivity index is 2.61. The van der Waals surface area contributed by atoms with E-state index in [-0.39, 0.29) is 0 Å². The van der Waals surface area contributed by atoms with Gasteiger partial charge in [0.2, 0.25) is 0 Å². The van der Waals surface area contributed by atoms with Crippen LogP contribution in [0.5, 0.6) is 5.75 Å². The molecule has 15 heavy (non-hydrogen) atoms. The maximum absolute atomic E-state index is 10.9. The van der Waals surface area contributed by atoms with E-state index >= 15 is 0 Å². The molecule has 5 heteroatoms. The number of fused-ring (bicyclic) bond motifs is 1. The lowest BCUT2D eigenvalue weighted by Gasteiger charge is -2.01. The average Bonchev–Trinajstić information content (AvgIpc) is 2.44. The molecule has 0 radical (unpaired) electrons. The van der Waals surface area contributed by atoms with E-state index in [1.165, 1.54) is 13.0 Å². The number of esters is 1. The zero-order chi connectivity index (χ0) is 11.0. The Morgan fingerprint density at radius 2 is 2.20 bits per heavy atom. The number of H-pyrrole nitrogens is 1. The standard InChI is InChI=1S/C10H9NO4/c1-5-3-7(14-6(2)12)4-8-9(5)11-10(13)15-8/h3-4H,1-2H3,(H,11,13). The summed E-state index contributed by atoms with van der Waals surface area (Å²) in [6, 6.07) is 3.16. The third-order valence-corrected chi connectivity index (χ3v) is 1.96. The summed E-state index contributed by atoms with van der Waals surface area (Å²) in [5, 5.41) is 0. The molecular formula is C10H9NO4. The predicted molar refractivity (Wildman–Crippen MR) is 52.9 cm³/mol. The number of carbonyl (C=O) groups excluding carboxylic acids is 1. The van der Waals surface area contributed by atoms with Crippen molar-refractivity contribution in [2.75, 3.05) is 0 Å². The molecule has 0 amide bonds. The highest BCUT2D eigenvalue weighted by Gasteiger charge is 2.08. The van der Waals surface area contributed by atoms with Crippen LogP contribution in [0, 0.1) is 6.92 Å². The van der Waals surface area contributed by atoms with Crippen molar-refractivity contribution >= 4 is 17.1 Å². The molecule has 1 aromatic carbocycles. The minimum Gasteiger partial charge on any atom is -0.427 e. The van der Waals surface area contributed by atoms with Gasteiger partial charge in [-0.05, 0) is 18.6 Å². The molecule has 0 saturated heterocycles. The highest BCUT2D eigenvalue weighted by molar-refractivity contribution is 5.79. The molecule has 5 nitrogen and oxygen atoms in total. The van der Waals surface area contributed by atoms with Crippen LogP contribution in [0.3, 0.4) is 0 Å². The summed E-state index contributed by atoms with van der Waals surface area (Å²) in [5.41, 5.74) is 1.79. The molecule has 0 spiro atoms. The van der Waals surface area contributed by atoms with Crippen molar-refractivity contribution in [2.45, 2.75) is 13.8 Å². The minimum atomic E-state index is -0.520. The Morgan fingerprint density at radius 1 is 1.47 bits per heavy atom. The number of nitrogens with one attached hydrogen (secondary N) is 1. The number of ether oxygens (including phenoxy) is 1. The third kappa shape index (κ3) is 1.76. The molecular weight excluding hydrogens is 198 g/mol. The first-order chi connectivity index (χ1) is 7.06. The zero-order valence-electron chi connectivity index (χ0n) is 8.29. The van der Waals surface area contributed by atoms with Crippen molar-refractivity contribution in [2.24, 2.45) is 0 Å². The summed E-state index contributed by atoms with van der Waals surface area (Å²) in [6.07, 6.45) is 0. The lowest BCUT2D eigenvalue weighted by atomic mass is 10.2. The van der Waals surface area contributed by atoms with Gasteiger partial charge in [0.1, 0.15) is 5.75 Å². The largest absolute Gasteiger partial charge is 0.427 e. The first kappa shape index (κ1) is 9.51. The SMILES string of the molecule is CC(=O)Oc1cc(C)c2[nH]c(=O)oc2c1. The molecule has 0 aliphatic heterocycles. The second kappa shape index (κ2) is 3.27. The number of benzene rings is 1. The molecule has 0 fully saturated rings. The fourth-order valence-corrected chi connectivity index (χ4v) is 1.42. The van der Waals surface area contributed by atoms with E-state index in [1.54, 1.807) is 13.0 Å². The molecule has 1 aromatic heterocycles. The van der Waals surface area contributed by atoms with Gasteiger partial charge in [0.25, 0.3) is 0 Å². The van der Waals surface area contributed by atoms with E-state index in [2.05, 4.69) is 4.98 Å². The van der Waals surface area contributed by atoms with Gasteiger partial charge in [0.15, 0.2) is 5.58 Å². The summed E-state index contributed by atoms with van der Waals surface area (Å²) in [7, 11) is 0. The molecule has 2 rings (SSSR count). The van der Waals surface area contributed by atoms with Crippen LogP contribution >= 0.6 is 0 Å². The molecule has 0 saturated carbocycles. The van der Waals surface area contributed by atoms with Crippen molar-refractivity contribution in [3.8, 4) is 5.75 Å². The summed E-state index contributed by atoms with van der Waals surface area (Å²) >= 11 is 0. The number of hydrogen-bond acceptors (Lipinski definition) is 4. The van der Waals surface area contributed by atoms with Crippen molar-refractivity contribution in [3.05, 3.63) is 28.2 Å². The first-order valence-electron chi connectivity index (χ1n) is 4.38. The Bertz CT molecular complexity index is 579. The Kier molecular flexibility index (Phi) is 2.07. The summed E-state index contributed by atoms with van der Waals surface area (Å²) in [5.74, 6) is -0.560. The van der Waals surface area contributed by atoms with E-state index in [4.69, 9.17) is 9.15 Å². The summed E-state index contributed by atoms with van der Waals surface area (Å²) in [4.78, 5) is 24.2. The Labute approximate surface area is 84.7 Å². The van der Waals surface area contributed by atoms with Crippen molar-refractivity contribution in [3.63, 3.8) is 0 Å². The van der Waals surface area contributed by atoms with Gasteiger partial charge < -0.3 is 9.15 Å². The number of hydrogen-bond donors (Lipinski definition) is 1. The van der Waals surface area contributed by atoms with Gasteiger partial charge in [-0.25, -0.2) is 4.79 Å². The van der Waals surface area contributed by atoms with Crippen molar-refractivity contribution in [1.29, 1.82) is 0 Å². The molecule has 0 bridgehead atoms. The van der Waals surface area contributed by atoms with Crippen molar-refractivity contribution < 1.29 is 13.9 Å². The highest BCUT2D eigenvalue weighted by atomic mass is 16.5. The zero-order valence-corrected chi connectivity index (χ0v) is 8.29. The van der Waals surface area contributed by atoms with Crippen LogP contribution in [0.15, 0.2) is 21.3 Å². The van der Waals surface area contributed by atoms with Crippen molar-refractivity contribution in [1.82, 2.24) is 4.98 Å². The molecule has 2 aromatic rings. The average molecular weight is 207 g/mol. The fraction of sp³-hybridized carbons (Fsp3) is 0.200. The van der Waals surface area contributed by atoms with E-state index < -0.39 is 11.7 Å². The van der Waals surface area contributed by atoms with Crippen LogP contribution in [-0.2, 0) is 4.79 Å². The van der Waals surface area contributed by atoms with Gasteiger partial charge in [-0.2, -0.15) is 0 Å². The van der Waals surface area contributed by atoms with Gasteiger partial charge in [0.05, 0.1) is 5.52 Å². The van der Waals surface area contributed by atoms with Crippen LogP contribution in [0.2, 0.25) is 0 Å². The van der Waals surface area contributed by atoms with Gasteiger partial charge >= 0.3 is 11.7 Å². The van der Waals surface area contributed by atoms with Gasteiger partial charge in [0, 0.05) is 13.0 Å². The first-order valence-corrected chi connectivity index (χ1v) is 4.38. The predicted octanol–water partition coefficient (Wildman–Crippen LogP) is 1.35. The maximum atomic E-state index is 10.9. The van der Waals surface area contributed by atoms with Gasteiger partial charge in [-0.3, -0.25) is 9.78 Å². The lowest BCUT2D eigenvalue weighted by molar-refractivity contribution is -0.131. The Hall–Kier alpha value is -2.04. The topological polar surface area (TPSA) is 72.3 Å². The molecule has 1 N–H and O–H groups in total. The minimum absolute atomic E-state index is 0.371. The second-order valence-electron chi connectivity index (χ2n) is 3.22. The van der Waals surface area contributed by atoms with E-state index in [0.29, 0.717) is 16.8 Å². The van der Waals surface area contributed by atoms with E-state index in [0.717, 1.165) is 5.56 Å². The normalized spacial score (nSPS) is 10.5. The number of aromatic amines is 1. The van der Waals surface area contributed by atoms with E-state index in [9.17, 15) is 9.59 Å². The number of aryl methyl sites for hydroxylation is 1. The number of aromatic nitrogens is 1. The monoisotopic (exact) mass is 207 g/mol. The molecule has 0 aliphatic carbocycles. The van der Waals surface area contributed by atoms with Crippen LogP contribution in [-0.4, -0.2) is 11.0 Å². The lowest BCUT2D eigenvalue weighted by Crippen LogP contribution is -2.01. The summed E-state index contributed by atoms with van der Waals surface area (Å²) < 4.78 is 9.77. The van der Waals surface area contributed by atoms with Crippen LogP contribution < -0.4 is 10.5 Å². The third-order valence-electron chi connectivity index (χ3n) is 1.96. The molecule has 0 aliphatic rings. The van der Waals surface area contributed by atoms with Gasteiger partial charge in [-0.15, -0.1) is 0 Å². The molecule has 78 valence electrons. The number of oxazole rings is 1.